The lowest BCUT2D eigenvalue weighted by Gasteiger charge is -2.53. The van der Waals surface area contributed by atoms with Crippen LogP contribution in [0.5, 0.6) is 0 Å². The first-order valence-electron chi connectivity index (χ1n) is 10.7. The molecule has 0 atom stereocenters. The number of likely N-dealkylation sites (tertiary alicyclic amines) is 1. The minimum atomic E-state index is -0.902. The number of fused-ring (bicyclic) bond motifs is 4. The van der Waals surface area contributed by atoms with Crippen molar-refractivity contribution in [1.82, 2.24) is 14.9 Å². The zero-order valence-corrected chi connectivity index (χ0v) is 16.1. The number of amides is 1. The number of carbonyl (C=O) groups is 1. The summed E-state index contributed by atoms with van der Waals surface area (Å²) in [6.07, 6.45) is 12.2. The number of hydrogen-bond acceptors (Lipinski definition) is 4. The Morgan fingerprint density at radius 1 is 1.32 bits per heavy atom. The number of aromatic nitrogens is 2. The number of aromatic amines is 1. The standard InChI is InChI=1S/C21H26BN3O3/c26-19(14-4-2-1-3-5-14)25-9-7-20(13-25)11-21(12-20)17-15-6-8-23-18(15)24-10-16(17)22(27)28-21/h6,8,10,14,27H,1-5,7,9,11-13H2,(H,23,24). The monoisotopic (exact) mass is 379 g/mol. The third-order valence-electron chi connectivity index (χ3n) is 7.70. The lowest BCUT2D eigenvalue weighted by atomic mass is 9.56. The summed E-state index contributed by atoms with van der Waals surface area (Å²) in [6.45, 7) is 1.72. The van der Waals surface area contributed by atoms with Crippen molar-refractivity contribution in [2.45, 2.75) is 57.0 Å². The number of nitrogens with one attached hydrogen (secondary N) is 1. The van der Waals surface area contributed by atoms with E-state index in [2.05, 4.69) is 14.9 Å². The van der Waals surface area contributed by atoms with Crippen LogP contribution in [0, 0.1) is 11.3 Å². The molecule has 4 heterocycles. The first-order chi connectivity index (χ1) is 13.6. The van der Waals surface area contributed by atoms with Gasteiger partial charge in [0.2, 0.25) is 5.91 Å². The second-order valence-corrected chi connectivity index (χ2v) is 9.49. The fourth-order valence-electron chi connectivity index (χ4n) is 6.49. The van der Waals surface area contributed by atoms with Crippen molar-refractivity contribution in [1.29, 1.82) is 0 Å². The second kappa shape index (κ2) is 5.83. The van der Waals surface area contributed by atoms with Crippen molar-refractivity contribution in [3.8, 4) is 0 Å². The largest absolute Gasteiger partial charge is 0.493 e. The van der Waals surface area contributed by atoms with Crippen LogP contribution in [0.1, 0.15) is 56.9 Å². The molecule has 7 heteroatoms. The first kappa shape index (κ1) is 17.0. The summed E-state index contributed by atoms with van der Waals surface area (Å²) in [5.41, 5.74) is 2.46. The quantitative estimate of drug-likeness (QED) is 0.744. The van der Waals surface area contributed by atoms with Crippen LogP contribution in [0.25, 0.3) is 11.0 Å². The molecule has 0 bridgehead atoms. The zero-order chi connectivity index (χ0) is 18.9. The number of carbonyl (C=O) groups excluding carboxylic acids is 1. The number of pyridine rings is 1. The molecule has 6 nitrogen and oxygen atoms in total. The number of H-pyrrole nitrogens is 1. The van der Waals surface area contributed by atoms with E-state index in [1.54, 1.807) is 6.20 Å². The smallest absolute Gasteiger partial charge is 0.423 e. The van der Waals surface area contributed by atoms with Crippen molar-refractivity contribution in [3.63, 3.8) is 0 Å². The van der Waals surface area contributed by atoms with E-state index in [0.29, 0.717) is 5.91 Å². The van der Waals surface area contributed by atoms with Gasteiger partial charge in [0.1, 0.15) is 5.65 Å². The van der Waals surface area contributed by atoms with Gasteiger partial charge in [-0.2, -0.15) is 0 Å². The van der Waals surface area contributed by atoms with Gasteiger partial charge >= 0.3 is 7.12 Å². The Labute approximate surface area is 164 Å². The Hall–Kier alpha value is -1.86. The Morgan fingerprint density at radius 2 is 2.14 bits per heavy atom. The summed E-state index contributed by atoms with van der Waals surface area (Å²) >= 11 is 0. The molecule has 0 aromatic carbocycles. The molecule has 2 aromatic heterocycles. The molecule has 2 aliphatic carbocycles. The molecule has 2 saturated carbocycles. The Balaban J connectivity index is 1.24. The Bertz CT molecular complexity index is 946. The fourth-order valence-corrected chi connectivity index (χ4v) is 6.49. The van der Waals surface area contributed by atoms with Crippen molar-refractivity contribution >= 4 is 29.5 Å². The summed E-state index contributed by atoms with van der Waals surface area (Å²) in [5, 5.41) is 11.5. The van der Waals surface area contributed by atoms with Gasteiger partial charge in [-0.3, -0.25) is 4.79 Å². The van der Waals surface area contributed by atoms with E-state index in [0.717, 1.165) is 67.3 Å². The predicted octanol–water partition coefficient (Wildman–Crippen LogP) is 2.07. The van der Waals surface area contributed by atoms with Gasteiger partial charge in [-0.15, -0.1) is 0 Å². The van der Waals surface area contributed by atoms with Gasteiger partial charge in [-0.25, -0.2) is 4.98 Å². The molecule has 0 radical (unpaired) electrons. The molecular formula is C21H26BN3O3. The maximum atomic E-state index is 13.0. The van der Waals surface area contributed by atoms with E-state index in [9.17, 15) is 9.82 Å². The molecule has 2 aliphatic heterocycles. The lowest BCUT2D eigenvalue weighted by molar-refractivity contribution is -0.140. The van der Waals surface area contributed by atoms with E-state index in [-0.39, 0.29) is 11.3 Å². The minimum absolute atomic E-state index is 0.136. The highest BCUT2D eigenvalue weighted by atomic mass is 16.5. The van der Waals surface area contributed by atoms with Crippen LogP contribution >= 0.6 is 0 Å². The normalized spacial score (nSPS) is 32.5. The van der Waals surface area contributed by atoms with Gasteiger partial charge in [0.05, 0.1) is 5.60 Å². The number of rotatable bonds is 1. The number of nitrogens with zero attached hydrogens (tertiary/aromatic N) is 2. The maximum absolute atomic E-state index is 13.0. The third-order valence-corrected chi connectivity index (χ3v) is 7.70. The zero-order valence-electron chi connectivity index (χ0n) is 16.1. The van der Waals surface area contributed by atoms with Crippen molar-refractivity contribution in [3.05, 3.63) is 24.0 Å². The van der Waals surface area contributed by atoms with E-state index in [1.165, 1.54) is 19.3 Å². The highest BCUT2D eigenvalue weighted by Crippen LogP contribution is 2.62. The Kier molecular flexibility index (Phi) is 3.55. The molecular weight excluding hydrogens is 353 g/mol. The van der Waals surface area contributed by atoms with Gasteiger partial charge < -0.3 is 19.6 Å². The van der Waals surface area contributed by atoms with Crippen molar-refractivity contribution < 1.29 is 14.5 Å². The molecule has 2 N–H and O–H groups in total. The summed E-state index contributed by atoms with van der Waals surface area (Å²) in [4.78, 5) is 22.7. The van der Waals surface area contributed by atoms with Crippen molar-refractivity contribution in [2.75, 3.05) is 13.1 Å². The van der Waals surface area contributed by atoms with Crippen LogP contribution in [-0.4, -0.2) is 46.0 Å². The summed E-state index contributed by atoms with van der Waals surface area (Å²) < 4.78 is 6.13. The number of hydrogen-bond donors (Lipinski definition) is 2. The average molecular weight is 379 g/mol. The van der Waals surface area contributed by atoms with Crippen molar-refractivity contribution in [2.24, 2.45) is 11.3 Å². The molecule has 1 amide bonds. The van der Waals surface area contributed by atoms with Gasteiger partial charge in [-0.1, -0.05) is 19.3 Å². The molecule has 6 rings (SSSR count). The van der Waals surface area contributed by atoms with E-state index >= 15 is 0 Å². The third kappa shape index (κ3) is 2.29. The highest BCUT2D eigenvalue weighted by molar-refractivity contribution is 6.62. The molecule has 3 fully saturated rings. The van der Waals surface area contributed by atoms with Crippen LogP contribution in [0.2, 0.25) is 0 Å². The van der Waals surface area contributed by atoms with Crippen LogP contribution in [0.15, 0.2) is 18.5 Å². The topological polar surface area (TPSA) is 78.5 Å². The van der Waals surface area contributed by atoms with Crippen LogP contribution < -0.4 is 5.46 Å². The van der Waals surface area contributed by atoms with Gasteiger partial charge in [0.25, 0.3) is 0 Å². The molecule has 0 unspecified atom stereocenters. The van der Waals surface area contributed by atoms with Crippen LogP contribution in [-0.2, 0) is 15.0 Å². The van der Waals surface area contributed by atoms with Gasteiger partial charge in [-0.05, 0) is 49.1 Å². The summed E-state index contributed by atoms with van der Waals surface area (Å²) in [7, 11) is -0.902. The van der Waals surface area contributed by atoms with E-state index < -0.39 is 12.7 Å². The molecule has 1 saturated heterocycles. The molecule has 2 aromatic rings. The SMILES string of the molecule is O=C(C1CCCCC1)N1CCC2(C1)CC1(C2)OB(O)c2cnc3[nH]ccc3c21. The second-order valence-electron chi connectivity index (χ2n) is 9.49. The predicted molar refractivity (Wildman–Crippen MR) is 106 cm³/mol. The van der Waals surface area contributed by atoms with Gasteiger partial charge in [0, 0.05) is 42.3 Å². The molecule has 4 aliphatic rings. The Morgan fingerprint density at radius 3 is 2.96 bits per heavy atom. The highest BCUT2D eigenvalue weighted by Gasteiger charge is 2.64. The molecule has 146 valence electrons. The average Bonchev–Trinajstić information content (AvgIpc) is 3.39. The van der Waals surface area contributed by atoms with E-state index in [1.807, 2.05) is 12.3 Å². The van der Waals surface area contributed by atoms with Crippen LogP contribution in [0.4, 0.5) is 0 Å². The minimum Gasteiger partial charge on any atom is -0.423 e. The lowest BCUT2D eigenvalue weighted by Crippen LogP contribution is -2.52. The van der Waals surface area contributed by atoms with E-state index in [4.69, 9.17) is 4.65 Å². The summed E-state index contributed by atoms with van der Waals surface area (Å²) in [6, 6.07) is 2.03. The first-order valence-corrected chi connectivity index (χ1v) is 10.7. The summed E-state index contributed by atoms with van der Waals surface area (Å²) in [5.74, 6) is 0.622. The molecule has 2 spiro atoms. The van der Waals surface area contributed by atoms with Crippen LogP contribution in [0.3, 0.4) is 0 Å². The fraction of sp³-hybridized carbons (Fsp3) is 0.619. The van der Waals surface area contributed by atoms with Gasteiger partial charge in [0.15, 0.2) is 0 Å². The maximum Gasteiger partial charge on any atom is 0.493 e. The molecule has 28 heavy (non-hydrogen) atoms.